The lowest BCUT2D eigenvalue weighted by atomic mass is 9.94. The van der Waals surface area contributed by atoms with Crippen molar-refractivity contribution in [3.8, 4) is 11.8 Å². The van der Waals surface area contributed by atoms with Gasteiger partial charge in [0.15, 0.2) is 0 Å². The largest absolute Gasteiger partial charge is 0.490 e. The topological polar surface area (TPSA) is 106 Å². The highest BCUT2D eigenvalue weighted by Crippen LogP contribution is 2.28. The molecule has 184 valence electrons. The summed E-state index contributed by atoms with van der Waals surface area (Å²) < 4.78 is 13.4. The third kappa shape index (κ3) is 5.44. The highest BCUT2D eigenvalue weighted by atomic mass is 16.6. The number of nitrogens with zero attached hydrogens (tertiary/aromatic N) is 5. The molecule has 2 saturated heterocycles. The van der Waals surface area contributed by atoms with E-state index >= 15 is 0 Å². The van der Waals surface area contributed by atoms with Crippen molar-refractivity contribution in [1.82, 2.24) is 14.5 Å². The molecule has 0 spiro atoms. The van der Waals surface area contributed by atoms with Crippen LogP contribution in [0, 0.1) is 16.0 Å². The number of hydrogen-bond donors (Lipinski definition) is 1. The highest BCUT2D eigenvalue weighted by molar-refractivity contribution is 5.49. The van der Waals surface area contributed by atoms with Crippen LogP contribution in [-0.2, 0) is 6.54 Å². The van der Waals surface area contributed by atoms with Crippen molar-refractivity contribution in [3.05, 3.63) is 40.6 Å². The summed E-state index contributed by atoms with van der Waals surface area (Å²) in [5.41, 5.74) is 1.22. The molecule has 3 aliphatic heterocycles. The Labute approximate surface area is 199 Å². The second-order valence-electron chi connectivity index (χ2n) is 9.63. The summed E-state index contributed by atoms with van der Waals surface area (Å²) >= 11 is 0. The molecule has 5 rings (SSSR count). The molecule has 10 heteroatoms. The average Bonchev–Trinajstić information content (AvgIpc) is 3.29. The van der Waals surface area contributed by atoms with Crippen molar-refractivity contribution in [1.29, 1.82) is 0 Å². The van der Waals surface area contributed by atoms with Crippen LogP contribution in [-0.4, -0.2) is 76.0 Å². The Morgan fingerprint density at radius 3 is 2.50 bits per heavy atom. The molecule has 4 heterocycles. The second-order valence-corrected chi connectivity index (χ2v) is 9.63. The summed E-state index contributed by atoms with van der Waals surface area (Å²) in [5.74, 6) is 1.33. The maximum absolute atomic E-state index is 10.9. The number of aromatic nitrogens is 2. The van der Waals surface area contributed by atoms with Crippen molar-refractivity contribution in [3.63, 3.8) is 0 Å². The number of nitro groups is 1. The van der Waals surface area contributed by atoms with Crippen LogP contribution < -0.4 is 14.4 Å². The fraction of sp³-hybridized carbons (Fsp3) is 0.625. The SMILES string of the molecule is O=[N+]([O-])c1cn2c(n1)OC(COc1ccc(N3CCC(CN4CCC(O)CC4)CC3)cc1)CC2. The van der Waals surface area contributed by atoms with E-state index in [0.29, 0.717) is 19.6 Å². The zero-order chi connectivity index (χ0) is 23.5. The molecule has 1 N–H and O–H groups in total. The van der Waals surface area contributed by atoms with Crippen molar-refractivity contribution < 1.29 is 19.5 Å². The minimum absolute atomic E-state index is 0.103. The number of fused-ring (bicyclic) bond motifs is 1. The molecule has 2 aromatic rings. The van der Waals surface area contributed by atoms with Crippen LogP contribution in [0.2, 0.25) is 0 Å². The minimum atomic E-state index is -0.509. The molecule has 1 atom stereocenters. The van der Waals surface area contributed by atoms with Crippen LogP contribution in [0.25, 0.3) is 0 Å². The van der Waals surface area contributed by atoms with Crippen LogP contribution >= 0.6 is 0 Å². The predicted molar refractivity (Wildman–Crippen MR) is 126 cm³/mol. The first kappa shape index (κ1) is 22.9. The van der Waals surface area contributed by atoms with Crippen LogP contribution in [0.4, 0.5) is 11.5 Å². The van der Waals surface area contributed by atoms with Gasteiger partial charge >= 0.3 is 11.8 Å². The molecule has 34 heavy (non-hydrogen) atoms. The maximum Gasteiger partial charge on any atom is 0.414 e. The van der Waals surface area contributed by atoms with Crippen LogP contribution in [0.15, 0.2) is 30.5 Å². The molecule has 0 radical (unpaired) electrons. The van der Waals surface area contributed by atoms with Gasteiger partial charge in [0.05, 0.1) is 6.10 Å². The van der Waals surface area contributed by atoms with Crippen molar-refractivity contribution in [2.24, 2.45) is 5.92 Å². The van der Waals surface area contributed by atoms with E-state index in [1.165, 1.54) is 24.7 Å². The number of aryl methyl sites for hydroxylation is 1. The van der Waals surface area contributed by atoms with Gasteiger partial charge in [0.25, 0.3) is 0 Å². The molecule has 1 aromatic heterocycles. The molecule has 3 aliphatic rings. The summed E-state index contributed by atoms with van der Waals surface area (Å²) in [7, 11) is 0. The standard InChI is InChI=1S/C24H33N5O5/c30-20-7-10-26(11-8-20)15-18-5-12-27(13-6-18)19-1-3-21(4-2-19)33-17-22-9-14-28-16-23(29(31)32)25-24(28)34-22/h1-4,16,18,20,22,30H,5-15,17H2. The molecular weight excluding hydrogens is 438 g/mol. The lowest BCUT2D eigenvalue weighted by Crippen LogP contribution is -2.42. The van der Waals surface area contributed by atoms with Gasteiger partial charge in [-0.1, -0.05) is 0 Å². The molecule has 0 saturated carbocycles. The van der Waals surface area contributed by atoms with Gasteiger partial charge in [-0.25, -0.2) is 0 Å². The summed E-state index contributed by atoms with van der Waals surface area (Å²) in [6.45, 7) is 6.34. The Bertz CT molecular complexity index is 965. The highest BCUT2D eigenvalue weighted by Gasteiger charge is 2.29. The summed E-state index contributed by atoms with van der Waals surface area (Å²) in [4.78, 5) is 19.3. The van der Waals surface area contributed by atoms with Crippen LogP contribution in [0.5, 0.6) is 11.8 Å². The number of ether oxygens (including phenoxy) is 2. The number of hydrogen-bond acceptors (Lipinski definition) is 8. The van der Waals surface area contributed by atoms with Crippen molar-refractivity contribution in [2.45, 2.75) is 50.9 Å². The van der Waals surface area contributed by atoms with Gasteiger partial charge in [0, 0.05) is 56.4 Å². The third-order valence-electron chi connectivity index (χ3n) is 7.20. The molecule has 1 aromatic carbocycles. The second kappa shape index (κ2) is 10.2. The first-order chi connectivity index (χ1) is 16.5. The predicted octanol–water partition coefficient (Wildman–Crippen LogP) is 2.69. The Kier molecular flexibility index (Phi) is 6.87. The monoisotopic (exact) mass is 471 g/mol. The number of imidazole rings is 1. The fourth-order valence-electron chi connectivity index (χ4n) is 5.12. The number of likely N-dealkylation sites (tertiary alicyclic amines) is 1. The molecular formula is C24H33N5O5. The van der Waals surface area contributed by atoms with Crippen LogP contribution in [0.1, 0.15) is 32.1 Å². The zero-order valence-electron chi connectivity index (χ0n) is 19.4. The fourth-order valence-corrected chi connectivity index (χ4v) is 5.12. The Morgan fingerprint density at radius 2 is 1.79 bits per heavy atom. The summed E-state index contributed by atoms with van der Waals surface area (Å²) in [5, 5.41) is 20.6. The van der Waals surface area contributed by atoms with E-state index in [1.54, 1.807) is 4.57 Å². The third-order valence-corrected chi connectivity index (χ3v) is 7.20. The smallest absolute Gasteiger partial charge is 0.414 e. The number of anilines is 1. The molecule has 2 fully saturated rings. The average molecular weight is 472 g/mol. The zero-order valence-corrected chi connectivity index (χ0v) is 19.4. The lowest BCUT2D eigenvalue weighted by Gasteiger charge is -2.37. The van der Waals surface area contributed by atoms with Gasteiger partial charge in [-0.05, 0) is 60.8 Å². The summed E-state index contributed by atoms with van der Waals surface area (Å²) in [6.07, 6.45) is 6.05. The number of rotatable bonds is 7. The van der Waals surface area contributed by atoms with E-state index in [9.17, 15) is 15.2 Å². The number of aliphatic hydroxyl groups excluding tert-OH is 1. The van der Waals surface area contributed by atoms with Gasteiger partial charge < -0.3 is 34.5 Å². The number of benzene rings is 1. The molecule has 1 unspecified atom stereocenters. The van der Waals surface area contributed by atoms with Crippen molar-refractivity contribution >= 4 is 11.5 Å². The molecule has 0 bridgehead atoms. The lowest BCUT2D eigenvalue weighted by molar-refractivity contribution is -0.389. The van der Waals surface area contributed by atoms with Gasteiger partial charge in [-0.3, -0.25) is 4.57 Å². The van der Waals surface area contributed by atoms with Gasteiger partial charge in [0.1, 0.15) is 24.7 Å². The Morgan fingerprint density at radius 1 is 1.06 bits per heavy atom. The van der Waals surface area contributed by atoms with Gasteiger partial charge in [0.2, 0.25) is 0 Å². The molecule has 0 aliphatic carbocycles. The van der Waals surface area contributed by atoms with E-state index < -0.39 is 4.92 Å². The quantitative estimate of drug-likeness (QED) is 0.485. The Balaban J connectivity index is 1.06. The van der Waals surface area contributed by atoms with E-state index in [0.717, 1.165) is 57.2 Å². The summed E-state index contributed by atoms with van der Waals surface area (Å²) in [6, 6.07) is 8.49. The minimum Gasteiger partial charge on any atom is -0.490 e. The van der Waals surface area contributed by atoms with Crippen molar-refractivity contribution in [2.75, 3.05) is 44.2 Å². The van der Waals surface area contributed by atoms with Crippen LogP contribution in [0.3, 0.4) is 0 Å². The van der Waals surface area contributed by atoms with E-state index in [2.05, 4.69) is 26.9 Å². The first-order valence-corrected chi connectivity index (χ1v) is 12.3. The normalized spacial score (nSPS) is 22.3. The first-order valence-electron chi connectivity index (χ1n) is 12.3. The molecule has 0 amide bonds. The number of piperidine rings is 2. The van der Waals surface area contributed by atoms with E-state index in [-0.39, 0.29) is 24.0 Å². The molecule has 10 nitrogen and oxygen atoms in total. The maximum atomic E-state index is 10.9. The Hall–Kier alpha value is -2.85. The van der Waals surface area contributed by atoms with Gasteiger partial charge in [-0.2, -0.15) is 0 Å². The van der Waals surface area contributed by atoms with Gasteiger partial charge in [-0.15, -0.1) is 0 Å². The number of aliphatic hydroxyl groups is 1. The van der Waals surface area contributed by atoms with E-state index in [1.807, 2.05) is 12.1 Å². The van der Waals surface area contributed by atoms with E-state index in [4.69, 9.17) is 9.47 Å².